The van der Waals surface area contributed by atoms with Crippen molar-refractivity contribution in [3.8, 4) is 0 Å². The fourth-order valence-corrected chi connectivity index (χ4v) is 0.473. The van der Waals surface area contributed by atoms with Crippen LogP contribution in [0.4, 0.5) is 5.82 Å². The lowest BCUT2D eigenvalue weighted by Crippen LogP contribution is -1.94. The van der Waals surface area contributed by atoms with E-state index in [2.05, 4.69) is 15.5 Å². The summed E-state index contributed by atoms with van der Waals surface area (Å²) in [6.07, 6.45) is 0.485. The average molecular weight is 127 g/mol. The zero-order chi connectivity index (χ0) is 6.69. The van der Waals surface area contributed by atoms with Crippen molar-refractivity contribution in [1.82, 2.24) is 10.2 Å². The van der Waals surface area contributed by atoms with Gasteiger partial charge < -0.3 is 5.32 Å². The van der Waals surface area contributed by atoms with Gasteiger partial charge in [-0.15, -0.1) is 0 Å². The Morgan fingerprint density at radius 3 is 2.78 bits per heavy atom. The first-order valence-electron chi connectivity index (χ1n) is 2.31. The van der Waals surface area contributed by atoms with E-state index >= 15 is 0 Å². The van der Waals surface area contributed by atoms with E-state index in [9.17, 15) is 9.59 Å². The molecule has 0 fully saturated rings. The van der Waals surface area contributed by atoms with E-state index in [1.165, 1.54) is 6.07 Å². The summed E-state index contributed by atoms with van der Waals surface area (Å²) in [6.45, 7) is 0. The first kappa shape index (κ1) is 5.61. The highest BCUT2D eigenvalue weighted by Crippen LogP contribution is 1.89. The molecule has 0 aliphatic carbocycles. The van der Waals surface area contributed by atoms with E-state index in [0.717, 1.165) is 0 Å². The van der Waals surface area contributed by atoms with Crippen molar-refractivity contribution >= 4 is 12.2 Å². The average Bonchev–Trinajstić information content (AvgIpc) is 2.17. The first-order valence-corrected chi connectivity index (χ1v) is 2.31. The van der Waals surface area contributed by atoms with Gasteiger partial charge in [0, 0.05) is 6.07 Å². The number of H-pyrrole nitrogens is 2. The molecule has 0 spiro atoms. The summed E-state index contributed by atoms with van der Waals surface area (Å²) in [5.41, 5.74) is -0.264. The lowest BCUT2D eigenvalue weighted by atomic mass is 10.6. The van der Waals surface area contributed by atoms with Crippen LogP contribution in [0.3, 0.4) is 0 Å². The van der Waals surface area contributed by atoms with Crippen molar-refractivity contribution in [2.24, 2.45) is 0 Å². The van der Waals surface area contributed by atoms with Crippen LogP contribution in [0.25, 0.3) is 0 Å². The molecular weight excluding hydrogens is 122 g/mol. The van der Waals surface area contributed by atoms with Crippen LogP contribution in [0.1, 0.15) is 0 Å². The number of carbonyl (C=O) groups is 1. The Morgan fingerprint density at radius 2 is 2.33 bits per heavy atom. The summed E-state index contributed by atoms with van der Waals surface area (Å²) in [4.78, 5) is 20.1. The number of hydrogen-bond acceptors (Lipinski definition) is 2. The van der Waals surface area contributed by atoms with Crippen LogP contribution in [0.2, 0.25) is 0 Å². The summed E-state index contributed by atoms with van der Waals surface area (Å²) >= 11 is 0. The predicted octanol–water partition coefficient (Wildman–Crippen LogP) is -0.729. The SMILES string of the molecule is O=CNc1cc(=O)[nH][nH]1. The Labute approximate surface area is 50.1 Å². The third-order valence-electron chi connectivity index (χ3n) is 0.810. The van der Waals surface area contributed by atoms with Gasteiger partial charge in [0.2, 0.25) is 6.41 Å². The highest BCUT2D eigenvalue weighted by Gasteiger charge is 1.89. The quantitative estimate of drug-likeness (QED) is 0.458. The van der Waals surface area contributed by atoms with Gasteiger partial charge in [-0.25, -0.2) is 0 Å². The van der Waals surface area contributed by atoms with Crippen molar-refractivity contribution in [2.75, 3.05) is 5.32 Å². The minimum Gasteiger partial charge on any atom is -0.314 e. The number of carbonyl (C=O) groups excluding carboxylic acids is 1. The van der Waals surface area contributed by atoms with Crippen molar-refractivity contribution in [3.63, 3.8) is 0 Å². The molecule has 1 amide bonds. The van der Waals surface area contributed by atoms with Crippen molar-refractivity contribution in [1.29, 1.82) is 0 Å². The van der Waals surface area contributed by atoms with E-state index in [4.69, 9.17) is 0 Å². The largest absolute Gasteiger partial charge is 0.314 e. The molecule has 0 aliphatic rings. The number of hydrogen-bond donors (Lipinski definition) is 3. The summed E-state index contributed by atoms with van der Waals surface area (Å²) < 4.78 is 0. The van der Waals surface area contributed by atoms with Crippen LogP contribution >= 0.6 is 0 Å². The third kappa shape index (κ3) is 1.18. The molecule has 48 valence electrons. The molecule has 3 N–H and O–H groups in total. The second-order valence-electron chi connectivity index (χ2n) is 1.43. The molecule has 0 bridgehead atoms. The molecule has 0 radical (unpaired) electrons. The topological polar surface area (TPSA) is 77.8 Å². The summed E-state index contributed by atoms with van der Waals surface area (Å²) in [5, 5.41) is 6.94. The molecule has 0 atom stereocenters. The maximum atomic E-state index is 10.3. The summed E-state index contributed by atoms with van der Waals surface area (Å²) in [6, 6.07) is 1.24. The minimum atomic E-state index is -0.264. The normalized spacial score (nSPS) is 8.89. The van der Waals surface area contributed by atoms with Gasteiger partial charge in [-0.1, -0.05) is 0 Å². The second kappa shape index (κ2) is 2.17. The van der Waals surface area contributed by atoms with Crippen LogP contribution in [0.5, 0.6) is 0 Å². The second-order valence-corrected chi connectivity index (χ2v) is 1.43. The van der Waals surface area contributed by atoms with Gasteiger partial charge in [-0.2, -0.15) is 0 Å². The van der Waals surface area contributed by atoms with Gasteiger partial charge >= 0.3 is 0 Å². The minimum absolute atomic E-state index is 0.264. The highest BCUT2D eigenvalue weighted by molar-refractivity contribution is 5.68. The first-order chi connectivity index (χ1) is 4.33. The van der Waals surface area contributed by atoms with E-state index in [1.807, 2.05) is 0 Å². The van der Waals surface area contributed by atoms with E-state index in [-0.39, 0.29) is 5.56 Å². The predicted molar refractivity (Wildman–Crippen MR) is 31.1 cm³/mol. The van der Waals surface area contributed by atoms with E-state index in [1.54, 1.807) is 0 Å². The zero-order valence-electron chi connectivity index (χ0n) is 4.47. The molecular formula is C4H5N3O2. The third-order valence-corrected chi connectivity index (χ3v) is 0.810. The van der Waals surface area contributed by atoms with Crippen LogP contribution in [-0.4, -0.2) is 16.6 Å². The number of amides is 1. The van der Waals surface area contributed by atoms with E-state index < -0.39 is 0 Å². The molecule has 5 heteroatoms. The van der Waals surface area contributed by atoms with Gasteiger partial charge in [-0.05, 0) is 0 Å². The molecule has 0 saturated heterocycles. The fourth-order valence-electron chi connectivity index (χ4n) is 0.473. The maximum absolute atomic E-state index is 10.3. The van der Waals surface area contributed by atoms with Gasteiger partial charge in [-0.3, -0.25) is 19.8 Å². The molecule has 1 rings (SSSR count). The summed E-state index contributed by atoms with van der Waals surface area (Å²) in [5.74, 6) is 0.370. The van der Waals surface area contributed by atoms with Crippen LogP contribution in [-0.2, 0) is 4.79 Å². The standard InChI is InChI=1S/C4H5N3O2/c8-2-5-3-1-4(9)7-6-3/h1-2H,(H3,5,6,7,8,9). The number of aromatic amines is 2. The molecule has 1 aromatic heterocycles. The van der Waals surface area contributed by atoms with Gasteiger partial charge in [0.15, 0.2) is 0 Å². The van der Waals surface area contributed by atoms with E-state index in [0.29, 0.717) is 12.2 Å². The number of nitrogens with one attached hydrogen (secondary N) is 3. The number of anilines is 1. The zero-order valence-corrected chi connectivity index (χ0v) is 4.47. The van der Waals surface area contributed by atoms with Crippen molar-refractivity contribution < 1.29 is 4.79 Å². The molecule has 1 aromatic rings. The Balaban J connectivity index is 2.84. The molecule has 5 nitrogen and oxygen atoms in total. The molecule has 0 saturated carbocycles. The summed E-state index contributed by atoms with van der Waals surface area (Å²) in [7, 11) is 0. The monoisotopic (exact) mass is 127 g/mol. The number of aromatic nitrogens is 2. The number of rotatable bonds is 2. The smallest absolute Gasteiger partial charge is 0.266 e. The fraction of sp³-hybridized carbons (Fsp3) is 0. The molecule has 0 aliphatic heterocycles. The Bertz CT molecular complexity index is 248. The van der Waals surface area contributed by atoms with Crippen LogP contribution < -0.4 is 10.9 Å². The Hall–Kier alpha value is -1.52. The van der Waals surface area contributed by atoms with Crippen LogP contribution in [0, 0.1) is 0 Å². The molecule has 0 aromatic carbocycles. The molecule has 9 heavy (non-hydrogen) atoms. The molecule has 1 heterocycles. The van der Waals surface area contributed by atoms with Crippen LogP contribution in [0.15, 0.2) is 10.9 Å². The lowest BCUT2D eigenvalue weighted by molar-refractivity contribution is -0.105. The van der Waals surface area contributed by atoms with Gasteiger partial charge in [0.1, 0.15) is 5.82 Å². The van der Waals surface area contributed by atoms with Crippen molar-refractivity contribution in [3.05, 3.63) is 16.4 Å². The highest BCUT2D eigenvalue weighted by atomic mass is 16.1. The van der Waals surface area contributed by atoms with Crippen molar-refractivity contribution in [2.45, 2.75) is 0 Å². The molecule has 0 unspecified atom stereocenters. The maximum Gasteiger partial charge on any atom is 0.266 e. The van der Waals surface area contributed by atoms with Gasteiger partial charge in [0.25, 0.3) is 5.56 Å². The lowest BCUT2D eigenvalue weighted by Gasteiger charge is -1.85. The van der Waals surface area contributed by atoms with Gasteiger partial charge in [0.05, 0.1) is 0 Å². The Morgan fingerprint density at radius 1 is 1.56 bits per heavy atom. The Kier molecular flexibility index (Phi) is 1.35.